The largest absolute Gasteiger partial charge is 0.445 e. The second-order valence-electron chi connectivity index (χ2n) is 5.89. The molecule has 22 heavy (non-hydrogen) atoms. The van der Waals surface area contributed by atoms with E-state index in [4.69, 9.17) is 9.47 Å². The zero-order valence-corrected chi connectivity index (χ0v) is 13.6. The Kier molecular flexibility index (Phi) is 6.69. The second kappa shape index (κ2) is 8.26. The highest BCUT2D eigenvalue weighted by Crippen LogP contribution is 2.08. The molecule has 0 heterocycles. The van der Waals surface area contributed by atoms with Gasteiger partial charge >= 0.3 is 12.2 Å². The first kappa shape index (κ1) is 17.8. The van der Waals surface area contributed by atoms with Gasteiger partial charge < -0.3 is 19.7 Å². The quantitative estimate of drug-likeness (QED) is 0.908. The Labute approximate surface area is 131 Å². The summed E-state index contributed by atoms with van der Waals surface area (Å²) in [5.74, 6) is 0. The van der Waals surface area contributed by atoms with Crippen LogP contribution in [0.2, 0.25) is 0 Å². The van der Waals surface area contributed by atoms with Crippen LogP contribution in [0.25, 0.3) is 0 Å². The number of nitrogens with zero attached hydrogens (tertiary/aromatic N) is 1. The summed E-state index contributed by atoms with van der Waals surface area (Å²) in [4.78, 5) is 24.6. The van der Waals surface area contributed by atoms with Crippen LogP contribution in [0.3, 0.4) is 0 Å². The predicted molar refractivity (Wildman–Crippen MR) is 83.5 cm³/mol. The maximum atomic E-state index is 11.7. The monoisotopic (exact) mass is 308 g/mol. The molecule has 1 aromatic rings. The minimum atomic E-state index is -0.534. The van der Waals surface area contributed by atoms with Gasteiger partial charge in [-0.05, 0) is 26.3 Å². The van der Waals surface area contributed by atoms with Crippen LogP contribution in [0.5, 0.6) is 0 Å². The summed E-state index contributed by atoms with van der Waals surface area (Å²) in [6, 6.07) is 9.42. The van der Waals surface area contributed by atoms with Crippen LogP contribution < -0.4 is 5.32 Å². The molecule has 0 unspecified atom stereocenters. The summed E-state index contributed by atoms with van der Waals surface area (Å²) in [5, 5.41) is 2.59. The molecule has 0 fully saturated rings. The van der Waals surface area contributed by atoms with Crippen molar-refractivity contribution in [2.24, 2.45) is 0 Å². The maximum absolute atomic E-state index is 11.7. The average Bonchev–Trinajstić information content (AvgIpc) is 2.44. The van der Waals surface area contributed by atoms with Crippen LogP contribution in [-0.4, -0.2) is 42.8 Å². The van der Waals surface area contributed by atoms with Crippen LogP contribution in [-0.2, 0) is 16.1 Å². The van der Waals surface area contributed by atoms with Crippen molar-refractivity contribution >= 4 is 12.2 Å². The van der Waals surface area contributed by atoms with E-state index >= 15 is 0 Å². The first-order valence-electron chi connectivity index (χ1n) is 7.16. The van der Waals surface area contributed by atoms with Crippen molar-refractivity contribution in [1.82, 2.24) is 10.2 Å². The van der Waals surface area contributed by atoms with Gasteiger partial charge in [-0.2, -0.15) is 0 Å². The third kappa shape index (κ3) is 7.52. The van der Waals surface area contributed by atoms with Crippen molar-refractivity contribution in [2.45, 2.75) is 33.0 Å². The van der Waals surface area contributed by atoms with Crippen molar-refractivity contribution in [3.05, 3.63) is 35.9 Å². The molecule has 1 N–H and O–H groups in total. The summed E-state index contributed by atoms with van der Waals surface area (Å²) >= 11 is 0. The summed E-state index contributed by atoms with van der Waals surface area (Å²) in [5.41, 5.74) is 0.386. The van der Waals surface area contributed by atoms with E-state index in [-0.39, 0.29) is 6.61 Å². The average molecular weight is 308 g/mol. The van der Waals surface area contributed by atoms with Gasteiger partial charge in [0.25, 0.3) is 0 Å². The van der Waals surface area contributed by atoms with Gasteiger partial charge in [-0.1, -0.05) is 30.3 Å². The zero-order valence-electron chi connectivity index (χ0n) is 13.6. The Morgan fingerprint density at radius 3 is 2.41 bits per heavy atom. The highest BCUT2D eigenvalue weighted by Gasteiger charge is 2.19. The molecule has 0 bridgehead atoms. The van der Waals surface area contributed by atoms with E-state index in [1.807, 2.05) is 30.3 Å². The molecule has 0 radical (unpaired) electrons. The number of benzene rings is 1. The molecular formula is C16H24N2O4. The van der Waals surface area contributed by atoms with E-state index in [1.165, 1.54) is 4.90 Å². The molecule has 122 valence electrons. The molecule has 1 rings (SSSR count). The van der Waals surface area contributed by atoms with Gasteiger partial charge in [0.1, 0.15) is 12.2 Å². The van der Waals surface area contributed by atoms with E-state index in [9.17, 15) is 9.59 Å². The highest BCUT2D eigenvalue weighted by atomic mass is 16.6. The lowest BCUT2D eigenvalue weighted by Gasteiger charge is -2.24. The number of rotatable bonds is 5. The van der Waals surface area contributed by atoms with Crippen molar-refractivity contribution in [3.63, 3.8) is 0 Å². The van der Waals surface area contributed by atoms with Crippen LogP contribution in [0, 0.1) is 0 Å². The minimum absolute atomic E-state index is 0.217. The molecule has 1 aromatic carbocycles. The Morgan fingerprint density at radius 1 is 1.18 bits per heavy atom. The molecule has 0 saturated carbocycles. The number of carbonyl (C=O) groups is 2. The Morgan fingerprint density at radius 2 is 1.82 bits per heavy atom. The third-order valence-corrected chi connectivity index (χ3v) is 2.63. The number of alkyl carbamates (subject to hydrolysis) is 1. The molecule has 0 aliphatic rings. The molecule has 0 spiro atoms. The number of nitrogens with one attached hydrogen (secondary N) is 1. The third-order valence-electron chi connectivity index (χ3n) is 2.63. The van der Waals surface area contributed by atoms with E-state index in [1.54, 1.807) is 27.8 Å². The number of ether oxygens (including phenoxy) is 2. The number of likely N-dealkylation sites (N-methyl/N-ethyl adjacent to an activating group) is 1. The minimum Gasteiger partial charge on any atom is -0.445 e. The lowest BCUT2D eigenvalue weighted by atomic mass is 10.2. The Hall–Kier alpha value is -2.24. The smallest absolute Gasteiger partial charge is 0.410 e. The Bertz CT molecular complexity index is 483. The molecule has 0 aliphatic carbocycles. The number of hydrogen-bond acceptors (Lipinski definition) is 4. The number of hydrogen-bond donors (Lipinski definition) is 1. The van der Waals surface area contributed by atoms with Gasteiger partial charge in [0.05, 0.1) is 0 Å². The number of amides is 2. The van der Waals surface area contributed by atoms with Crippen molar-refractivity contribution in [1.29, 1.82) is 0 Å². The molecule has 0 atom stereocenters. The van der Waals surface area contributed by atoms with Crippen LogP contribution in [0.1, 0.15) is 26.3 Å². The van der Waals surface area contributed by atoms with Gasteiger partial charge in [-0.25, -0.2) is 9.59 Å². The van der Waals surface area contributed by atoms with Crippen LogP contribution in [0.4, 0.5) is 9.59 Å². The lowest BCUT2D eigenvalue weighted by molar-refractivity contribution is 0.0299. The van der Waals surface area contributed by atoms with Crippen molar-refractivity contribution < 1.29 is 19.1 Å². The molecule has 0 aliphatic heterocycles. The topological polar surface area (TPSA) is 67.9 Å². The summed E-state index contributed by atoms with van der Waals surface area (Å²) in [7, 11) is 1.62. The summed E-state index contributed by atoms with van der Waals surface area (Å²) < 4.78 is 10.3. The molecule has 0 saturated heterocycles. The van der Waals surface area contributed by atoms with E-state index < -0.39 is 17.8 Å². The SMILES string of the molecule is CN(CCNC(=O)OCc1ccccc1)C(=O)OC(C)(C)C. The van der Waals surface area contributed by atoms with Crippen LogP contribution in [0.15, 0.2) is 30.3 Å². The number of carbonyl (C=O) groups excluding carboxylic acids is 2. The molecule has 6 nitrogen and oxygen atoms in total. The van der Waals surface area contributed by atoms with E-state index in [0.29, 0.717) is 13.1 Å². The van der Waals surface area contributed by atoms with E-state index in [2.05, 4.69) is 5.32 Å². The maximum Gasteiger partial charge on any atom is 0.410 e. The van der Waals surface area contributed by atoms with Crippen LogP contribution >= 0.6 is 0 Å². The normalized spacial score (nSPS) is 10.7. The van der Waals surface area contributed by atoms with Gasteiger partial charge in [0, 0.05) is 20.1 Å². The van der Waals surface area contributed by atoms with Crippen molar-refractivity contribution in [3.8, 4) is 0 Å². The lowest BCUT2D eigenvalue weighted by Crippen LogP contribution is -2.39. The van der Waals surface area contributed by atoms with Gasteiger partial charge in [0.2, 0.25) is 0 Å². The van der Waals surface area contributed by atoms with Crippen molar-refractivity contribution in [2.75, 3.05) is 20.1 Å². The first-order valence-corrected chi connectivity index (χ1v) is 7.16. The standard InChI is InChI=1S/C16H24N2O4/c1-16(2,3)22-15(20)18(4)11-10-17-14(19)21-12-13-8-6-5-7-9-13/h5-9H,10-12H2,1-4H3,(H,17,19). The van der Waals surface area contributed by atoms with E-state index in [0.717, 1.165) is 5.56 Å². The zero-order chi connectivity index (χ0) is 16.6. The molecule has 2 amide bonds. The fourth-order valence-corrected chi connectivity index (χ4v) is 1.53. The fraction of sp³-hybridized carbons (Fsp3) is 0.500. The predicted octanol–water partition coefficient (Wildman–Crippen LogP) is 2.78. The van der Waals surface area contributed by atoms with Gasteiger partial charge in [-0.3, -0.25) is 0 Å². The second-order valence-corrected chi connectivity index (χ2v) is 5.89. The first-order chi connectivity index (χ1) is 10.3. The van der Waals surface area contributed by atoms with Gasteiger partial charge in [0.15, 0.2) is 0 Å². The van der Waals surface area contributed by atoms with Gasteiger partial charge in [-0.15, -0.1) is 0 Å². The summed E-state index contributed by atoms with van der Waals surface area (Å²) in [6.07, 6.45) is -0.937. The molecule has 0 aromatic heterocycles. The molecule has 6 heteroatoms. The Balaban J connectivity index is 2.20. The summed E-state index contributed by atoms with van der Waals surface area (Å²) in [6.45, 7) is 6.26. The highest BCUT2D eigenvalue weighted by molar-refractivity contribution is 5.68. The molecular weight excluding hydrogens is 284 g/mol. The fourth-order valence-electron chi connectivity index (χ4n) is 1.53.